The van der Waals surface area contributed by atoms with Gasteiger partial charge in [-0.05, 0) is 6.42 Å². The molecule has 0 aromatic heterocycles. The lowest BCUT2D eigenvalue weighted by Crippen LogP contribution is -2.13. The quantitative estimate of drug-likeness (QED) is 0.548. The lowest BCUT2D eigenvalue weighted by atomic mass is 10.2. The molecule has 0 aromatic carbocycles. The van der Waals surface area contributed by atoms with Gasteiger partial charge in [0.1, 0.15) is 0 Å². The fraction of sp³-hybridized carbons (Fsp3) is 0.600. The highest BCUT2D eigenvalue weighted by atomic mass is 35.5. The minimum atomic E-state index is 0. The second-order valence-electron chi connectivity index (χ2n) is 1.31. The van der Waals surface area contributed by atoms with Crippen molar-refractivity contribution in [2.45, 2.75) is 19.4 Å². The predicted molar refractivity (Wildman–Crippen MR) is 35.7 cm³/mol. The van der Waals surface area contributed by atoms with Gasteiger partial charge in [0, 0.05) is 6.04 Å². The van der Waals surface area contributed by atoms with E-state index in [0.29, 0.717) is 0 Å². The van der Waals surface area contributed by atoms with Gasteiger partial charge in [0.2, 0.25) is 0 Å². The number of halogens is 1. The van der Waals surface area contributed by atoms with Gasteiger partial charge in [0.05, 0.1) is 0 Å². The van der Waals surface area contributed by atoms with Crippen molar-refractivity contribution in [2.75, 3.05) is 0 Å². The Morgan fingerprint density at radius 1 is 1.86 bits per heavy atom. The van der Waals surface area contributed by atoms with Crippen LogP contribution in [0.3, 0.4) is 0 Å². The highest BCUT2D eigenvalue weighted by Crippen LogP contribution is 1.82. The molecule has 0 aliphatic heterocycles. The molecule has 0 saturated carbocycles. The Bertz CT molecular complexity index is 45.3. The summed E-state index contributed by atoms with van der Waals surface area (Å²) in [4.78, 5) is 0. The number of rotatable bonds is 2. The largest absolute Gasteiger partial charge is 0.324 e. The van der Waals surface area contributed by atoms with E-state index in [1.807, 2.05) is 6.92 Å². The summed E-state index contributed by atoms with van der Waals surface area (Å²) >= 11 is 0. The molecule has 1 unspecified atom stereocenters. The van der Waals surface area contributed by atoms with E-state index in [1.165, 1.54) is 0 Å². The van der Waals surface area contributed by atoms with Crippen molar-refractivity contribution < 1.29 is 0 Å². The molecular weight excluding hydrogens is 110 g/mol. The first-order chi connectivity index (χ1) is 2.81. The lowest BCUT2D eigenvalue weighted by Gasteiger charge is -1.95. The zero-order valence-electron chi connectivity index (χ0n) is 4.55. The van der Waals surface area contributed by atoms with Crippen molar-refractivity contribution in [3.05, 3.63) is 12.7 Å². The Hall–Kier alpha value is -0.0100. The van der Waals surface area contributed by atoms with Crippen LogP contribution >= 0.6 is 12.4 Å². The molecule has 0 bridgehead atoms. The van der Waals surface area contributed by atoms with Crippen molar-refractivity contribution in [1.29, 1.82) is 0 Å². The van der Waals surface area contributed by atoms with Gasteiger partial charge in [0.15, 0.2) is 0 Å². The second kappa shape index (κ2) is 5.99. The van der Waals surface area contributed by atoms with Crippen LogP contribution in [0.5, 0.6) is 0 Å². The van der Waals surface area contributed by atoms with E-state index in [0.717, 1.165) is 6.42 Å². The van der Waals surface area contributed by atoms with Crippen molar-refractivity contribution >= 4 is 12.4 Å². The van der Waals surface area contributed by atoms with Gasteiger partial charge in [0.25, 0.3) is 0 Å². The first-order valence-corrected chi connectivity index (χ1v) is 2.19. The van der Waals surface area contributed by atoms with E-state index >= 15 is 0 Å². The molecule has 0 aromatic rings. The van der Waals surface area contributed by atoms with E-state index < -0.39 is 0 Å². The maximum Gasteiger partial charge on any atom is 0.0218 e. The van der Waals surface area contributed by atoms with Crippen LogP contribution in [0.4, 0.5) is 0 Å². The average Bonchev–Trinajstić information content (AvgIpc) is 1.65. The zero-order valence-corrected chi connectivity index (χ0v) is 5.37. The van der Waals surface area contributed by atoms with Crippen molar-refractivity contribution in [3.8, 4) is 0 Å². The summed E-state index contributed by atoms with van der Waals surface area (Å²) < 4.78 is 0. The first kappa shape index (κ1) is 10.1. The van der Waals surface area contributed by atoms with Gasteiger partial charge < -0.3 is 5.73 Å². The lowest BCUT2D eigenvalue weighted by molar-refractivity contribution is 0.784. The number of hydrogen-bond acceptors (Lipinski definition) is 1. The predicted octanol–water partition coefficient (Wildman–Crippen LogP) is 1.33. The molecule has 0 radical (unpaired) electrons. The Kier molecular flexibility index (Phi) is 8.62. The third-order valence-corrected chi connectivity index (χ3v) is 0.774. The van der Waals surface area contributed by atoms with E-state index in [1.54, 1.807) is 6.08 Å². The minimum Gasteiger partial charge on any atom is -0.324 e. The molecular formula is C5H12ClN. The fourth-order valence-electron chi connectivity index (χ4n) is 0.167. The van der Waals surface area contributed by atoms with Crippen LogP contribution in [-0.2, 0) is 0 Å². The monoisotopic (exact) mass is 121 g/mol. The van der Waals surface area contributed by atoms with Gasteiger partial charge in [-0.25, -0.2) is 0 Å². The van der Waals surface area contributed by atoms with Gasteiger partial charge >= 0.3 is 0 Å². The Morgan fingerprint density at radius 2 is 2.29 bits per heavy atom. The second-order valence-corrected chi connectivity index (χ2v) is 1.31. The average molecular weight is 122 g/mol. The maximum absolute atomic E-state index is 5.35. The molecule has 0 rings (SSSR count). The van der Waals surface area contributed by atoms with Crippen molar-refractivity contribution in [3.63, 3.8) is 0 Å². The number of hydrogen-bond donors (Lipinski definition) is 1. The normalized spacial score (nSPS) is 11.7. The molecule has 1 atom stereocenters. The van der Waals surface area contributed by atoms with E-state index in [2.05, 4.69) is 6.58 Å². The highest BCUT2D eigenvalue weighted by Gasteiger charge is 1.84. The summed E-state index contributed by atoms with van der Waals surface area (Å²) in [5, 5.41) is 0. The molecule has 0 aliphatic rings. The molecule has 0 aliphatic carbocycles. The smallest absolute Gasteiger partial charge is 0.0218 e. The summed E-state index contributed by atoms with van der Waals surface area (Å²) in [5.74, 6) is 0. The third kappa shape index (κ3) is 5.99. The van der Waals surface area contributed by atoms with Gasteiger partial charge in [-0.3, -0.25) is 0 Å². The van der Waals surface area contributed by atoms with Crippen LogP contribution in [0, 0.1) is 0 Å². The molecule has 0 spiro atoms. The molecule has 2 heteroatoms. The molecule has 44 valence electrons. The Morgan fingerprint density at radius 3 is 2.29 bits per heavy atom. The highest BCUT2D eigenvalue weighted by molar-refractivity contribution is 5.85. The molecule has 2 N–H and O–H groups in total. The molecule has 1 nitrogen and oxygen atoms in total. The van der Waals surface area contributed by atoms with E-state index in [-0.39, 0.29) is 18.4 Å². The minimum absolute atomic E-state index is 0. The van der Waals surface area contributed by atoms with Crippen LogP contribution in [0.2, 0.25) is 0 Å². The van der Waals surface area contributed by atoms with E-state index in [9.17, 15) is 0 Å². The molecule has 0 saturated heterocycles. The summed E-state index contributed by atoms with van der Waals surface area (Å²) in [6, 6.07) is 0.199. The summed E-state index contributed by atoms with van der Waals surface area (Å²) in [6.07, 6.45) is 2.74. The van der Waals surface area contributed by atoms with Crippen LogP contribution in [-0.4, -0.2) is 6.04 Å². The molecule has 0 fully saturated rings. The molecule has 0 amide bonds. The van der Waals surface area contributed by atoms with Crippen molar-refractivity contribution in [2.24, 2.45) is 5.73 Å². The first-order valence-electron chi connectivity index (χ1n) is 2.19. The Labute approximate surface area is 51.0 Å². The third-order valence-electron chi connectivity index (χ3n) is 0.774. The van der Waals surface area contributed by atoms with Gasteiger partial charge in [-0.15, -0.1) is 19.0 Å². The SMILES string of the molecule is C=CC(N)CC.Cl. The Balaban J connectivity index is 0. The van der Waals surface area contributed by atoms with Crippen molar-refractivity contribution in [1.82, 2.24) is 0 Å². The van der Waals surface area contributed by atoms with E-state index in [4.69, 9.17) is 5.73 Å². The van der Waals surface area contributed by atoms with Crippen LogP contribution < -0.4 is 5.73 Å². The van der Waals surface area contributed by atoms with Gasteiger partial charge in [-0.1, -0.05) is 13.0 Å². The maximum atomic E-state index is 5.35. The van der Waals surface area contributed by atoms with Crippen LogP contribution in [0.25, 0.3) is 0 Å². The summed E-state index contributed by atoms with van der Waals surface area (Å²) in [6.45, 7) is 5.54. The van der Waals surface area contributed by atoms with Crippen LogP contribution in [0.15, 0.2) is 12.7 Å². The summed E-state index contributed by atoms with van der Waals surface area (Å²) in [7, 11) is 0. The topological polar surface area (TPSA) is 26.0 Å². The van der Waals surface area contributed by atoms with Gasteiger partial charge in [-0.2, -0.15) is 0 Å². The fourth-order valence-corrected chi connectivity index (χ4v) is 0.167. The standard InChI is InChI=1S/C5H11N.ClH/c1-3-5(6)4-2;/h3,5H,1,4,6H2,2H3;1H. The zero-order chi connectivity index (χ0) is 4.99. The molecule has 0 heterocycles. The number of nitrogens with two attached hydrogens (primary N) is 1. The summed E-state index contributed by atoms with van der Waals surface area (Å²) in [5.41, 5.74) is 5.35. The van der Waals surface area contributed by atoms with Crippen LogP contribution in [0.1, 0.15) is 13.3 Å². The molecule has 7 heavy (non-hydrogen) atoms.